The fraction of sp³-hybridized carbons (Fsp3) is 0.579. The van der Waals surface area contributed by atoms with Gasteiger partial charge in [0, 0.05) is 5.92 Å². The molecule has 0 saturated heterocycles. The second-order valence-electron chi connectivity index (χ2n) is 7.51. The zero-order chi connectivity index (χ0) is 19.3. The highest BCUT2D eigenvalue weighted by Gasteiger charge is 2.66. The maximum atomic E-state index is 13.0. The lowest BCUT2D eigenvalue weighted by Crippen LogP contribution is -2.53. The number of hydrogen-bond acceptors (Lipinski definition) is 6. The Bertz CT molecular complexity index is 828. The van der Waals surface area contributed by atoms with Crippen LogP contribution in [-0.4, -0.2) is 33.4 Å². The Morgan fingerprint density at radius 1 is 1.12 bits per heavy atom. The molecule has 0 radical (unpaired) electrons. The lowest BCUT2D eigenvalue weighted by Gasteiger charge is -2.40. The lowest BCUT2D eigenvalue weighted by molar-refractivity contribution is -0.167. The number of carbonyl (C=O) groups excluding carboxylic acids is 2. The van der Waals surface area contributed by atoms with E-state index in [-0.39, 0.29) is 22.5 Å². The Hall–Kier alpha value is -1.73. The predicted octanol–water partition coefficient (Wildman–Crippen LogP) is 2.49. The quantitative estimate of drug-likeness (QED) is 0.453. The molecule has 142 valence electrons. The van der Waals surface area contributed by atoms with E-state index in [1.165, 1.54) is 19.2 Å². The van der Waals surface area contributed by atoms with Crippen molar-refractivity contribution in [3.63, 3.8) is 0 Å². The van der Waals surface area contributed by atoms with E-state index in [1.807, 2.05) is 13.8 Å². The summed E-state index contributed by atoms with van der Waals surface area (Å²) in [7, 11) is -2.70. The molecule has 0 aromatic heterocycles. The van der Waals surface area contributed by atoms with E-state index in [4.69, 9.17) is 8.92 Å². The zero-order valence-electron chi connectivity index (χ0n) is 15.4. The number of hydrogen-bond donors (Lipinski definition) is 0. The van der Waals surface area contributed by atoms with Gasteiger partial charge in [-0.25, -0.2) is 0 Å². The summed E-state index contributed by atoms with van der Waals surface area (Å²) in [5.74, 6) is -1.95. The minimum atomic E-state index is -3.98. The van der Waals surface area contributed by atoms with E-state index < -0.39 is 33.5 Å². The van der Waals surface area contributed by atoms with Gasteiger partial charge in [0.2, 0.25) is 0 Å². The number of ketones is 1. The molecule has 5 atom stereocenters. The summed E-state index contributed by atoms with van der Waals surface area (Å²) in [4.78, 5) is 25.5. The first-order valence-electron chi connectivity index (χ1n) is 8.77. The molecule has 0 amide bonds. The van der Waals surface area contributed by atoms with Crippen LogP contribution >= 0.6 is 0 Å². The summed E-state index contributed by atoms with van der Waals surface area (Å²) < 4.78 is 35.7. The van der Waals surface area contributed by atoms with Crippen LogP contribution in [0.15, 0.2) is 29.2 Å². The first kappa shape index (κ1) is 19.0. The highest BCUT2D eigenvalue weighted by atomic mass is 32.2. The third-order valence-corrected chi connectivity index (χ3v) is 7.37. The summed E-state index contributed by atoms with van der Waals surface area (Å²) in [6.45, 7) is 5.51. The molecular formula is C19H24O6S. The zero-order valence-corrected chi connectivity index (χ0v) is 16.2. The molecule has 2 bridgehead atoms. The molecule has 2 aliphatic rings. The van der Waals surface area contributed by atoms with E-state index in [9.17, 15) is 18.0 Å². The number of Topliss-reactive ketones (excluding diaryl/α,β-unsaturated/α-hetero) is 1. The minimum absolute atomic E-state index is 0.0686. The molecule has 3 rings (SSSR count). The maximum absolute atomic E-state index is 13.0. The van der Waals surface area contributed by atoms with Gasteiger partial charge in [0.25, 0.3) is 10.1 Å². The molecule has 0 unspecified atom stereocenters. The average Bonchev–Trinajstić information content (AvgIpc) is 2.79. The molecule has 2 aliphatic carbocycles. The van der Waals surface area contributed by atoms with Gasteiger partial charge >= 0.3 is 5.97 Å². The molecule has 2 saturated carbocycles. The number of ether oxygens (including phenoxy) is 1. The van der Waals surface area contributed by atoms with Gasteiger partial charge in [-0.3, -0.25) is 13.8 Å². The van der Waals surface area contributed by atoms with Crippen LogP contribution in [0.5, 0.6) is 0 Å². The summed E-state index contributed by atoms with van der Waals surface area (Å²) >= 11 is 0. The van der Waals surface area contributed by atoms with Crippen LogP contribution in [0.25, 0.3) is 0 Å². The van der Waals surface area contributed by atoms with Crippen molar-refractivity contribution in [2.75, 3.05) is 7.11 Å². The normalized spacial score (nSPS) is 33.9. The van der Waals surface area contributed by atoms with Gasteiger partial charge in [0.1, 0.15) is 5.41 Å². The van der Waals surface area contributed by atoms with Crippen molar-refractivity contribution in [3.8, 4) is 0 Å². The first-order chi connectivity index (χ1) is 12.1. The van der Waals surface area contributed by atoms with E-state index >= 15 is 0 Å². The Morgan fingerprint density at radius 2 is 1.69 bits per heavy atom. The third-order valence-electron chi connectivity index (χ3n) is 6.02. The number of benzene rings is 1. The highest BCUT2D eigenvalue weighted by Crippen LogP contribution is 2.56. The molecule has 0 aliphatic heterocycles. The number of esters is 1. The highest BCUT2D eigenvalue weighted by molar-refractivity contribution is 7.86. The first-order valence-corrected chi connectivity index (χ1v) is 10.2. The Kier molecular flexibility index (Phi) is 4.73. The molecule has 0 N–H and O–H groups in total. The van der Waals surface area contributed by atoms with Crippen molar-refractivity contribution in [2.24, 2.45) is 23.2 Å². The summed E-state index contributed by atoms with van der Waals surface area (Å²) in [5.41, 5.74) is -0.245. The van der Waals surface area contributed by atoms with Crippen LogP contribution in [0.4, 0.5) is 0 Å². The van der Waals surface area contributed by atoms with Crippen molar-refractivity contribution in [2.45, 2.75) is 44.6 Å². The molecule has 1 aromatic carbocycles. The number of fused-ring (bicyclic) bond motifs is 2. The number of rotatable bonds is 4. The third kappa shape index (κ3) is 2.68. The van der Waals surface area contributed by atoms with Crippen LogP contribution in [-0.2, 0) is 28.6 Å². The van der Waals surface area contributed by atoms with Crippen molar-refractivity contribution < 1.29 is 26.9 Å². The SMILES string of the molecule is COC(=O)[C@@]12C(=O)[C@@H](C[C@H]1C)[C@@H](OS(=O)(=O)c1ccc(C)cc1)C[C@@H]2C. The number of methoxy groups -OCH3 is 1. The van der Waals surface area contributed by atoms with Gasteiger partial charge in [-0.1, -0.05) is 31.5 Å². The summed E-state index contributed by atoms with van der Waals surface area (Å²) in [6.07, 6.45) is -0.0145. The van der Waals surface area contributed by atoms with Crippen LogP contribution in [0, 0.1) is 30.1 Å². The summed E-state index contributed by atoms with van der Waals surface area (Å²) in [6, 6.07) is 6.39. The lowest BCUT2D eigenvalue weighted by atomic mass is 9.63. The minimum Gasteiger partial charge on any atom is -0.468 e. The molecule has 26 heavy (non-hydrogen) atoms. The average molecular weight is 380 g/mol. The standard InChI is InChI=1S/C19H24O6S/c1-11-5-7-14(8-6-11)26(22,23)25-16-10-13(3)19(18(21)24-4)12(2)9-15(16)17(19)20/h5-8,12-13,15-16H,9-10H2,1-4H3/t12-,13+,15+,16+,19+/m1/s1. The fourth-order valence-electron chi connectivity index (χ4n) is 4.67. The summed E-state index contributed by atoms with van der Waals surface area (Å²) in [5, 5.41) is 0. The van der Waals surface area contributed by atoms with E-state index in [2.05, 4.69) is 0 Å². The van der Waals surface area contributed by atoms with Crippen LogP contribution in [0.1, 0.15) is 32.3 Å². The molecule has 0 heterocycles. The molecule has 0 spiro atoms. The largest absolute Gasteiger partial charge is 0.468 e. The molecule has 6 nitrogen and oxygen atoms in total. The van der Waals surface area contributed by atoms with Gasteiger partial charge < -0.3 is 4.74 Å². The Balaban J connectivity index is 1.90. The second kappa shape index (κ2) is 6.46. The van der Waals surface area contributed by atoms with Gasteiger partial charge in [0.05, 0.1) is 18.1 Å². The van der Waals surface area contributed by atoms with E-state index in [1.54, 1.807) is 19.1 Å². The Labute approximate surface area is 154 Å². The smallest absolute Gasteiger partial charge is 0.319 e. The molecule has 1 aromatic rings. The van der Waals surface area contributed by atoms with Crippen molar-refractivity contribution in [1.82, 2.24) is 0 Å². The van der Waals surface area contributed by atoms with E-state index in [0.717, 1.165) is 5.56 Å². The fourth-order valence-corrected chi connectivity index (χ4v) is 5.79. The van der Waals surface area contributed by atoms with Crippen LogP contribution < -0.4 is 0 Å². The predicted molar refractivity (Wildman–Crippen MR) is 93.7 cm³/mol. The topological polar surface area (TPSA) is 86.7 Å². The van der Waals surface area contributed by atoms with Gasteiger partial charge in [0.15, 0.2) is 5.78 Å². The monoisotopic (exact) mass is 380 g/mol. The molecule has 2 fully saturated rings. The van der Waals surface area contributed by atoms with Gasteiger partial charge in [-0.2, -0.15) is 8.42 Å². The number of carbonyl (C=O) groups is 2. The maximum Gasteiger partial charge on any atom is 0.319 e. The van der Waals surface area contributed by atoms with Gasteiger partial charge in [-0.05, 0) is 43.7 Å². The van der Waals surface area contributed by atoms with Crippen molar-refractivity contribution in [1.29, 1.82) is 0 Å². The molecule has 7 heteroatoms. The van der Waals surface area contributed by atoms with Gasteiger partial charge in [-0.15, -0.1) is 0 Å². The second-order valence-corrected chi connectivity index (χ2v) is 9.08. The van der Waals surface area contributed by atoms with E-state index in [0.29, 0.717) is 12.8 Å². The number of aryl methyl sites for hydroxylation is 1. The van der Waals surface area contributed by atoms with Crippen molar-refractivity contribution >= 4 is 21.9 Å². The van der Waals surface area contributed by atoms with Crippen LogP contribution in [0.3, 0.4) is 0 Å². The van der Waals surface area contributed by atoms with Crippen LogP contribution in [0.2, 0.25) is 0 Å². The molecular weight excluding hydrogens is 356 g/mol. The van der Waals surface area contributed by atoms with Crippen molar-refractivity contribution in [3.05, 3.63) is 29.8 Å². The Morgan fingerprint density at radius 3 is 2.27 bits per heavy atom.